The lowest BCUT2D eigenvalue weighted by molar-refractivity contribution is 0.228. The normalized spacial score (nSPS) is 28.9. The Hall–Kier alpha value is -0.820. The molecule has 3 unspecified atom stereocenters. The zero-order valence-electron chi connectivity index (χ0n) is 13.1. The second kappa shape index (κ2) is 6.30. The fraction of sp³-hybridized carbons (Fsp3) is 0.684. The molecule has 2 fully saturated rings. The average Bonchev–Trinajstić information content (AvgIpc) is 2.40. The molecule has 1 aromatic carbocycles. The predicted molar refractivity (Wildman–Crippen MR) is 86.0 cm³/mol. The highest BCUT2D eigenvalue weighted by atomic mass is 14.9. The summed E-state index contributed by atoms with van der Waals surface area (Å²) < 4.78 is 0. The largest absolute Gasteiger partial charge is 0.313 e. The van der Waals surface area contributed by atoms with E-state index in [1.54, 1.807) is 11.1 Å². The van der Waals surface area contributed by atoms with Crippen molar-refractivity contribution in [2.24, 2.45) is 11.8 Å². The summed E-state index contributed by atoms with van der Waals surface area (Å²) in [4.78, 5) is 0. The molecule has 1 nitrogen and oxygen atoms in total. The van der Waals surface area contributed by atoms with Crippen molar-refractivity contribution in [3.05, 3.63) is 35.4 Å². The molecular formula is C19H29N. The maximum absolute atomic E-state index is 3.65. The molecule has 2 aliphatic carbocycles. The standard InChI is InChI=1S/C19H29N/c1-14-7-5-10-16(13-14)19(20-2)18-12-4-3-11-17(18)15-8-6-9-15/h3-4,11-12,14-16,19-20H,5-10,13H2,1-2H3. The highest BCUT2D eigenvalue weighted by Crippen LogP contribution is 2.43. The Balaban J connectivity index is 1.84. The van der Waals surface area contributed by atoms with E-state index in [1.807, 2.05) is 0 Å². The van der Waals surface area contributed by atoms with Crippen molar-refractivity contribution < 1.29 is 0 Å². The van der Waals surface area contributed by atoms with Crippen LogP contribution in [0.4, 0.5) is 0 Å². The van der Waals surface area contributed by atoms with Gasteiger partial charge in [-0.3, -0.25) is 0 Å². The Labute approximate surface area is 124 Å². The third-order valence-electron chi connectivity index (χ3n) is 5.64. The van der Waals surface area contributed by atoms with Gasteiger partial charge in [-0.2, -0.15) is 0 Å². The van der Waals surface area contributed by atoms with Gasteiger partial charge in [0.1, 0.15) is 0 Å². The van der Waals surface area contributed by atoms with Gasteiger partial charge in [-0.1, -0.05) is 50.5 Å². The summed E-state index contributed by atoms with van der Waals surface area (Å²) >= 11 is 0. The van der Waals surface area contributed by atoms with E-state index in [4.69, 9.17) is 0 Å². The van der Waals surface area contributed by atoms with Crippen molar-refractivity contribution in [1.29, 1.82) is 0 Å². The lowest BCUT2D eigenvalue weighted by atomic mass is 9.72. The number of rotatable bonds is 4. The van der Waals surface area contributed by atoms with Crippen LogP contribution >= 0.6 is 0 Å². The van der Waals surface area contributed by atoms with Crippen molar-refractivity contribution in [1.82, 2.24) is 5.32 Å². The highest BCUT2D eigenvalue weighted by molar-refractivity contribution is 5.34. The topological polar surface area (TPSA) is 12.0 Å². The number of nitrogens with one attached hydrogen (secondary N) is 1. The van der Waals surface area contributed by atoms with E-state index in [0.717, 1.165) is 17.8 Å². The first-order valence-electron chi connectivity index (χ1n) is 8.55. The zero-order valence-corrected chi connectivity index (χ0v) is 13.1. The number of benzene rings is 1. The van der Waals surface area contributed by atoms with Crippen molar-refractivity contribution >= 4 is 0 Å². The molecule has 0 aromatic heterocycles. The van der Waals surface area contributed by atoms with Crippen molar-refractivity contribution in [2.45, 2.75) is 63.8 Å². The second-order valence-corrected chi connectivity index (χ2v) is 7.05. The molecule has 2 saturated carbocycles. The maximum atomic E-state index is 3.65. The summed E-state index contributed by atoms with van der Waals surface area (Å²) in [7, 11) is 2.15. The molecule has 3 rings (SSSR count). The minimum atomic E-state index is 0.564. The minimum Gasteiger partial charge on any atom is -0.313 e. The molecule has 0 heterocycles. The molecule has 2 aliphatic rings. The second-order valence-electron chi connectivity index (χ2n) is 7.05. The lowest BCUT2D eigenvalue weighted by Crippen LogP contribution is -2.30. The summed E-state index contributed by atoms with van der Waals surface area (Å²) in [6.45, 7) is 2.43. The Morgan fingerprint density at radius 3 is 2.45 bits per heavy atom. The summed E-state index contributed by atoms with van der Waals surface area (Å²) in [6.07, 6.45) is 9.85. The van der Waals surface area contributed by atoms with E-state index in [1.165, 1.54) is 44.9 Å². The summed E-state index contributed by atoms with van der Waals surface area (Å²) in [5, 5.41) is 3.65. The molecule has 1 aromatic rings. The van der Waals surface area contributed by atoms with E-state index in [2.05, 4.69) is 43.6 Å². The zero-order chi connectivity index (χ0) is 13.9. The smallest absolute Gasteiger partial charge is 0.0349 e. The van der Waals surface area contributed by atoms with Gasteiger partial charge in [0.05, 0.1) is 0 Å². The predicted octanol–water partition coefficient (Wildman–Crippen LogP) is 5.04. The van der Waals surface area contributed by atoms with E-state index in [9.17, 15) is 0 Å². The third kappa shape index (κ3) is 2.79. The first-order chi connectivity index (χ1) is 9.79. The van der Waals surface area contributed by atoms with Crippen LogP contribution in [-0.4, -0.2) is 7.05 Å². The van der Waals surface area contributed by atoms with Gasteiger partial charge in [0, 0.05) is 6.04 Å². The van der Waals surface area contributed by atoms with Crippen LogP contribution in [0.25, 0.3) is 0 Å². The van der Waals surface area contributed by atoms with E-state index in [-0.39, 0.29) is 0 Å². The molecule has 0 spiro atoms. The Bertz CT molecular complexity index is 435. The Morgan fingerprint density at radius 2 is 1.80 bits per heavy atom. The summed E-state index contributed by atoms with van der Waals surface area (Å²) in [5.41, 5.74) is 3.23. The van der Waals surface area contributed by atoms with Gasteiger partial charge in [-0.15, -0.1) is 0 Å². The molecule has 0 bridgehead atoms. The third-order valence-corrected chi connectivity index (χ3v) is 5.64. The molecule has 0 aliphatic heterocycles. The SMILES string of the molecule is CNC(c1ccccc1C1CCC1)C1CCCC(C)C1. The lowest BCUT2D eigenvalue weighted by Gasteiger charge is -2.36. The highest BCUT2D eigenvalue weighted by Gasteiger charge is 2.30. The van der Waals surface area contributed by atoms with Crippen LogP contribution in [-0.2, 0) is 0 Å². The molecule has 0 saturated heterocycles. The molecule has 1 heteroatoms. The molecule has 1 N–H and O–H groups in total. The monoisotopic (exact) mass is 271 g/mol. The first-order valence-corrected chi connectivity index (χ1v) is 8.55. The molecule has 0 amide bonds. The van der Waals surface area contributed by atoms with Crippen LogP contribution in [0.5, 0.6) is 0 Å². The van der Waals surface area contributed by atoms with Crippen molar-refractivity contribution in [2.75, 3.05) is 7.05 Å². The first kappa shape index (κ1) is 14.1. The van der Waals surface area contributed by atoms with Crippen LogP contribution in [0.3, 0.4) is 0 Å². The van der Waals surface area contributed by atoms with Gasteiger partial charge >= 0.3 is 0 Å². The molecule has 0 radical (unpaired) electrons. The molecule has 20 heavy (non-hydrogen) atoms. The van der Waals surface area contributed by atoms with E-state index >= 15 is 0 Å². The average molecular weight is 271 g/mol. The minimum absolute atomic E-state index is 0.564. The van der Waals surface area contributed by atoms with Gasteiger partial charge in [-0.05, 0) is 61.6 Å². The van der Waals surface area contributed by atoms with E-state index < -0.39 is 0 Å². The van der Waals surface area contributed by atoms with Gasteiger partial charge in [0.25, 0.3) is 0 Å². The maximum Gasteiger partial charge on any atom is 0.0349 e. The van der Waals surface area contributed by atoms with Gasteiger partial charge in [-0.25, -0.2) is 0 Å². The quantitative estimate of drug-likeness (QED) is 0.809. The van der Waals surface area contributed by atoms with Crippen LogP contribution in [0.1, 0.15) is 75.0 Å². The molecule has 3 atom stereocenters. The van der Waals surface area contributed by atoms with Crippen molar-refractivity contribution in [3.63, 3.8) is 0 Å². The fourth-order valence-electron chi connectivity index (χ4n) is 4.31. The van der Waals surface area contributed by atoms with E-state index in [0.29, 0.717) is 6.04 Å². The van der Waals surface area contributed by atoms with Crippen molar-refractivity contribution in [3.8, 4) is 0 Å². The van der Waals surface area contributed by atoms with Crippen LogP contribution in [0.15, 0.2) is 24.3 Å². The Kier molecular flexibility index (Phi) is 4.45. The van der Waals surface area contributed by atoms with Gasteiger partial charge in [0.2, 0.25) is 0 Å². The Morgan fingerprint density at radius 1 is 1.05 bits per heavy atom. The van der Waals surface area contributed by atoms with Crippen LogP contribution < -0.4 is 5.32 Å². The van der Waals surface area contributed by atoms with Crippen LogP contribution in [0.2, 0.25) is 0 Å². The molecule has 110 valence electrons. The van der Waals surface area contributed by atoms with Crippen LogP contribution in [0, 0.1) is 11.8 Å². The summed E-state index contributed by atoms with van der Waals surface area (Å²) in [5.74, 6) is 2.56. The number of hydrogen-bond acceptors (Lipinski definition) is 1. The van der Waals surface area contributed by atoms with Gasteiger partial charge < -0.3 is 5.32 Å². The fourth-order valence-corrected chi connectivity index (χ4v) is 4.31. The molecular weight excluding hydrogens is 242 g/mol. The number of hydrogen-bond donors (Lipinski definition) is 1. The summed E-state index contributed by atoms with van der Waals surface area (Å²) in [6, 6.07) is 9.79. The van der Waals surface area contributed by atoms with Gasteiger partial charge in [0.15, 0.2) is 0 Å².